The van der Waals surface area contributed by atoms with Crippen LogP contribution in [0.2, 0.25) is 5.02 Å². The largest absolute Gasteiger partial charge is 0.478 e. The summed E-state index contributed by atoms with van der Waals surface area (Å²) in [6, 6.07) is 7.88. The molecule has 20 heavy (non-hydrogen) atoms. The van der Waals surface area contributed by atoms with Crippen LogP contribution in [0.3, 0.4) is 0 Å². The van der Waals surface area contributed by atoms with Crippen molar-refractivity contribution >= 4 is 23.3 Å². The number of carboxylic acids is 1. The third-order valence-corrected chi connectivity index (χ3v) is 3.77. The summed E-state index contributed by atoms with van der Waals surface area (Å²) in [5, 5.41) is 9.58. The highest BCUT2D eigenvalue weighted by molar-refractivity contribution is 6.30. The first-order valence-electron chi connectivity index (χ1n) is 6.69. The molecule has 2 rings (SSSR count). The van der Waals surface area contributed by atoms with Gasteiger partial charge in [0.15, 0.2) is 0 Å². The summed E-state index contributed by atoms with van der Waals surface area (Å²) in [6.45, 7) is 6.04. The monoisotopic (exact) mass is 294 g/mol. The van der Waals surface area contributed by atoms with Crippen LogP contribution in [0.1, 0.15) is 6.92 Å². The first kappa shape index (κ1) is 14.9. The van der Waals surface area contributed by atoms with Gasteiger partial charge < -0.3 is 10.0 Å². The van der Waals surface area contributed by atoms with E-state index >= 15 is 0 Å². The Labute approximate surface area is 124 Å². The van der Waals surface area contributed by atoms with E-state index in [2.05, 4.69) is 15.9 Å². The Morgan fingerprint density at radius 2 is 2.05 bits per heavy atom. The summed E-state index contributed by atoms with van der Waals surface area (Å²) in [5.41, 5.74) is 1.55. The Balaban J connectivity index is 1.86. The molecule has 108 valence electrons. The highest BCUT2D eigenvalue weighted by Crippen LogP contribution is 2.20. The Hall–Kier alpha value is -1.52. The van der Waals surface area contributed by atoms with Crippen molar-refractivity contribution < 1.29 is 9.90 Å². The predicted octanol–water partition coefficient (Wildman–Crippen LogP) is 2.49. The topological polar surface area (TPSA) is 43.8 Å². The lowest BCUT2D eigenvalue weighted by Crippen LogP contribution is -2.46. The number of rotatable bonds is 4. The summed E-state index contributed by atoms with van der Waals surface area (Å²) >= 11 is 6.01. The average Bonchev–Trinajstić information content (AvgIpc) is 2.45. The molecule has 0 radical (unpaired) electrons. The minimum atomic E-state index is -0.845. The smallest absolute Gasteiger partial charge is 0.330 e. The average molecular weight is 295 g/mol. The number of benzene rings is 1. The summed E-state index contributed by atoms with van der Waals surface area (Å²) < 4.78 is 0. The Kier molecular flexibility index (Phi) is 5.04. The van der Waals surface area contributed by atoms with Gasteiger partial charge in [-0.1, -0.05) is 23.7 Å². The standard InChI is InChI=1S/C15H19ClN2O2/c1-12(15(19)20)5-6-17-7-9-18(10-8-17)14-4-2-3-13(16)11-14/h2-5,11H,6-10H2,1H3,(H,19,20). The molecule has 0 bridgehead atoms. The van der Waals surface area contributed by atoms with Gasteiger partial charge in [0.1, 0.15) is 0 Å². The van der Waals surface area contributed by atoms with Gasteiger partial charge in [0.05, 0.1) is 0 Å². The fourth-order valence-electron chi connectivity index (χ4n) is 2.21. The van der Waals surface area contributed by atoms with Gasteiger partial charge in [0, 0.05) is 49.0 Å². The molecule has 1 fully saturated rings. The van der Waals surface area contributed by atoms with Crippen LogP contribution in [0.5, 0.6) is 0 Å². The molecule has 0 saturated carbocycles. The lowest BCUT2D eigenvalue weighted by atomic mass is 10.2. The number of hydrogen-bond acceptors (Lipinski definition) is 3. The number of hydrogen-bond donors (Lipinski definition) is 1. The molecule has 1 aromatic carbocycles. The third-order valence-electron chi connectivity index (χ3n) is 3.54. The molecule has 5 heteroatoms. The van der Waals surface area contributed by atoms with E-state index in [1.807, 2.05) is 18.2 Å². The molecule has 1 N–H and O–H groups in total. The number of nitrogens with zero attached hydrogens (tertiary/aromatic N) is 2. The van der Waals surface area contributed by atoms with E-state index in [9.17, 15) is 4.79 Å². The predicted molar refractivity (Wildman–Crippen MR) is 81.5 cm³/mol. The second-order valence-corrected chi connectivity index (χ2v) is 5.40. The maximum atomic E-state index is 10.7. The lowest BCUT2D eigenvalue weighted by molar-refractivity contribution is -0.132. The van der Waals surface area contributed by atoms with Crippen LogP contribution in [0, 0.1) is 0 Å². The van der Waals surface area contributed by atoms with E-state index < -0.39 is 5.97 Å². The van der Waals surface area contributed by atoms with Crippen LogP contribution in [-0.2, 0) is 4.79 Å². The SMILES string of the molecule is CC(=CCN1CCN(c2cccc(Cl)c2)CC1)C(=O)O. The highest BCUT2D eigenvalue weighted by Gasteiger charge is 2.16. The third kappa shape index (κ3) is 3.99. The molecular weight excluding hydrogens is 276 g/mol. The van der Waals surface area contributed by atoms with Gasteiger partial charge >= 0.3 is 5.97 Å². The van der Waals surface area contributed by atoms with Gasteiger partial charge in [0.25, 0.3) is 0 Å². The van der Waals surface area contributed by atoms with E-state index in [0.717, 1.165) is 36.9 Å². The maximum absolute atomic E-state index is 10.7. The fraction of sp³-hybridized carbons (Fsp3) is 0.400. The lowest BCUT2D eigenvalue weighted by Gasteiger charge is -2.35. The van der Waals surface area contributed by atoms with Gasteiger partial charge in [-0.3, -0.25) is 4.90 Å². The molecule has 1 saturated heterocycles. The molecule has 0 aromatic heterocycles. The molecule has 4 nitrogen and oxygen atoms in total. The summed E-state index contributed by atoms with van der Waals surface area (Å²) in [6.07, 6.45) is 1.78. The van der Waals surface area contributed by atoms with Crippen LogP contribution >= 0.6 is 11.6 Å². The van der Waals surface area contributed by atoms with Crippen molar-refractivity contribution in [3.05, 3.63) is 40.9 Å². The van der Waals surface area contributed by atoms with Crippen LogP contribution in [0.4, 0.5) is 5.69 Å². The van der Waals surface area contributed by atoms with Crippen LogP contribution in [-0.4, -0.2) is 48.7 Å². The zero-order valence-electron chi connectivity index (χ0n) is 11.6. The highest BCUT2D eigenvalue weighted by atomic mass is 35.5. The zero-order valence-corrected chi connectivity index (χ0v) is 12.3. The molecule has 1 aliphatic rings. The van der Waals surface area contributed by atoms with E-state index in [1.165, 1.54) is 0 Å². The quantitative estimate of drug-likeness (QED) is 0.867. The van der Waals surface area contributed by atoms with E-state index in [0.29, 0.717) is 12.1 Å². The summed E-state index contributed by atoms with van der Waals surface area (Å²) in [5.74, 6) is -0.845. The molecule has 0 atom stereocenters. The second kappa shape index (κ2) is 6.77. The molecule has 1 aliphatic heterocycles. The van der Waals surface area contributed by atoms with Crippen LogP contribution in [0.15, 0.2) is 35.9 Å². The number of piperazine rings is 1. The van der Waals surface area contributed by atoms with Crippen molar-refractivity contribution in [3.8, 4) is 0 Å². The van der Waals surface area contributed by atoms with Gasteiger partial charge in [-0.25, -0.2) is 4.79 Å². The number of carbonyl (C=O) groups is 1. The minimum absolute atomic E-state index is 0.405. The van der Waals surface area contributed by atoms with E-state index in [4.69, 9.17) is 16.7 Å². The zero-order chi connectivity index (χ0) is 14.5. The van der Waals surface area contributed by atoms with Crippen LogP contribution in [0.25, 0.3) is 0 Å². The summed E-state index contributed by atoms with van der Waals surface area (Å²) in [7, 11) is 0. The van der Waals surface area contributed by atoms with Gasteiger partial charge in [-0.15, -0.1) is 0 Å². The number of aliphatic carboxylic acids is 1. The first-order chi connectivity index (χ1) is 9.56. The Bertz CT molecular complexity index is 508. The normalized spacial score (nSPS) is 17.3. The van der Waals surface area contributed by atoms with Crippen molar-refractivity contribution in [2.24, 2.45) is 0 Å². The molecule has 1 aromatic rings. The van der Waals surface area contributed by atoms with Crippen molar-refractivity contribution in [2.75, 3.05) is 37.6 Å². The number of halogens is 1. The number of anilines is 1. The van der Waals surface area contributed by atoms with E-state index in [-0.39, 0.29) is 0 Å². The molecule has 0 unspecified atom stereocenters. The molecule has 0 spiro atoms. The Morgan fingerprint density at radius 1 is 1.35 bits per heavy atom. The minimum Gasteiger partial charge on any atom is -0.478 e. The fourth-order valence-corrected chi connectivity index (χ4v) is 2.40. The molecule has 0 amide bonds. The summed E-state index contributed by atoms with van der Waals surface area (Å²) in [4.78, 5) is 15.3. The molecule has 0 aliphatic carbocycles. The van der Waals surface area contributed by atoms with Crippen LogP contribution < -0.4 is 4.90 Å². The van der Waals surface area contributed by atoms with Gasteiger partial charge in [0.2, 0.25) is 0 Å². The maximum Gasteiger partial charge on any atom is 0.330 e. The van der Waals surface area contributed by atoms with Crippen molar-refractivity contribution in [2.45, 2.75) is 6.92 Å². The van der Waals surface area contributed by atoms with Gasteiger partial charge in [-0.2, -0.15) is 0 Å². The Morgan fingerprint density at radius 3 is 2.65 bits per heavy atom. The van der Waals surface area contributed by atoms with Crippen molar-refractivity contribution in [1.29, 1.82) is 0 Å². The molecule has 1 heterocycles. The van der Waals surface area contributed by atoms with Crippen molar-refractivity contribution in [1.82, 2.24) is 4.90 Å². The second-order valence-electron chi connectivity index (χ2n) is 4.96. The van der Waals surface area contributed by atoms with Gasteiger partial charge in [-0.05, 0) is 25.1 Å². The molecular formula is C15H19ClN2O2. The van der Waals surface area contributed by atoms with E-state index in [1.54, 1.807) is 13.0 Å². The van der Waals surface area contributed by atoms with Crippen molar-refractivity contribution in [3.63, 3.8) is 0 Å². The number of carboxylic acid groups (broad SMARTS) is 1. The first-order valence-corrected chi connectivity index (χ1v) is 7.07.